The molecule has 0 aromatic heterocycles. The van der Waals surface area contributed by atoms with Crippen molar-refractivity contribution in [1.82, 2.24) is 0 Å². The van der Waals surface area contributed by atoms with Crippen molar-refractivity contribution < 1.29 is 36.6 Å². The predicted octanol–water partition coefficient (Wildman–Crippen LogP) is 4.96. The largest absolute Gasteiger partial charge is 0.457 e. The quantitative estimate of drug-likeness (QED) is 0.420. The van der Waals surface area contributed by atoms with E-state index in [9.17, 15) is 27.2 Å². The van der Waals surface area contributed by atoms with Gasteiger partial charge in [0, 0.05) is 0 Å². The van der Waals surface area contributed by atoms with Crippen LogP contribution in [0.4, 0.5) is 17.6 Å². The molecule has 0 N–H and O–H groups in total. The van der Waals surface area contributed by atoms with Crippen molar-refractivity contribution in [3.8, 4) is 0 Å². The molecule has 0 unspecified atom stereocenters. The molecule has 0 aliphatic heterocycles. The number of rotatable bonds is 6. The molecule has 0 bridgehead atoms. The summed E-state index contributed by atoms with van der Waals surface area (Å²) in [5, 5.41) is 0. The molecule has 0 heterocycles. The molecular formula is C22H14F4O4. The summed E-state index contributed by atoms with van der Waals surface area (Å²) in [6.07, 6.45) is 0. The van der Waals surface area contributed by atoms with Gasteiger partial charge in [-0.05, 0) is 47.5 Å². The highest BCUT2D eigenvalue weighted by Gasteiger charge is 2.19. The number of halogens is 4. The minimum atomic E-state index is -1.08. The van der Waals surface area contributed by atoms with Gasteiger partial charge in [0.05, 0.1) is 11.1 Å². The van der Waals surface area contributed by atoms with Gasteiger partial charge in [0.25, 0.3) is 0 Å². The van der Waals surface area contributed by atoms with Crippen LogP contribution in [-0.4, -0.2) is 11.9 Å². The first-order valence-electron chi connectivity index (χ1n) is 8.66. The molecule has 0 fully saturated rings. The van der Waals surface area contributed by atoms with Crippen molar-refractivity contribution in [3.05, 3.63) is 106 Å². The summed E-state index contributed by atoms with van der Waals surface area (Å²) in [7, 11) is 0. The smallest absolute Gasteiger partial charge is 0.339 e. The zero-order valence-corrected chi connectivity index (χ0v) is 15.3. The van der Waals surface area contributed by atoms with E-state index in [2.05, 4.69) is 0 Å². The average Bonchev–Trinajstić information content (AvgIpc) is 2.75. The van der Waals surface area contributed by atoms with Crippen molar-refractivity contribution in [3.63, 3.8) is 0 Å². The first-order valence-corrected chi connectivity index (χ1v) is 8.66. The van der Waals surface area contributed by atoms with Gasteiger partial charge in [-0.3, -0.25) is 0 Å². The van der Waals surface area contributed by atoms with Crippen LogP contribution in [0.15, 0.2) is 60.7 Å². The normalized spacial score (nSPS) is 10.5. The van der Waals surface area contributed by atoms with Crippen LogP contribution in [0.3, 0.4) is 0 Å². The molecule has 0 spiro atoms. The van der Waals surface area contributed by atoms with Gasteiger partial charge in [-0.15, -0.1) is 0 Å². The lowest BCUT2D eigenvalue weighted by molar-refractivity contribution is 0.0425. The molecule has 3 rings (SSSR count). The summed E-state index contributed by atoms with van der Waals surface area (Å²) in [4.78, 5) is 24.7. The van der Waals surface area contributed by atoms with E-state index in [0.29, 0.717) is 0 Å². The van der Waals surface area contributed by atoms with E-state index in [1.807, 2.05) is 0 Å². The lowest BCUT2D eigenvalue weighted by atomic mass is 10.1. The van der Waals surface area contributed by atoms with Crippen LogP contribution in [0.5, 0.6) is 0 Å². The number of ether oxygens (including phenoxy) is 2. The van der Waals surface area contributed by atoms with Crippen LogP contribution in [0.25, 0.3) is 0 Å². The molecule has 4 nitrogen and oxygen atoms in total. The second kappa shape index (κ2) is 9.21. The molecule has 0 aliphatic rings. The fourth-order valence-corrected chi connectivity index (χ4v) is 2.55. The van der Waals surface area contributed by atoms with E-state index >= 15 is 0 Å². The Morgan fingerprint density at radius 2 is 1.00 bits per heavy atom. The van der Waals surface area contributed by atoms with Crippen LogP contribution in [-0.2, 0) is 22.7 Å². The van der Waals surface area contributed by atoms with Gasteiger partial charge in [-0.25, -0.2) is 27.2 Å². The van der Waals surface area contributed by atoms with Crippen molar-refractivity contribution in [2.45, 2.75) is 13.2 Å². The number of benzene rings is 3. The number of carbonyl (C=O) groups excluding carboxylic acids is 2. The van der Waals surface area contributed by atoms with E-state index in [0.717, 1.165) is 24.3 Å². The molecular weight excluding hydrogens is 404 g/mol. The average molecular weight is 418 g/mol. The molecule has 0 amide bonds. The lowest BCUT2D eigenvalue weighted by Crippen LogP contribution is -2.14. The van der Waals surface area contributed by atoms with Crippen molar-refractivity contribution >= 4 is 11.9 Å². The highest BCUT2D eigenvalue weighted by molar-refractivity contribution is 6.03. The number of hydrogen-bond donors (Lipinski definition) is 0. The van der Waals surface area contributed by atoms with Gasteiger partial charge in [0.2, 0.25) is 0 Å². The van der Waals surface area contributed by atoms with E-state index in [-0.39, 0.29) is 35.5 Å². The molecule has 30 heavy (non-hydrogen) atoms. The zero-order valence-electron chi connectivity index (χ0n) is 15.3. The Labute approximate surface area is 168 Å². The van der Waals surface area contributed by atoms with Gasteiger partial charge in [0.1, 0.15) is 13.2 Å². The standard InChI is InChI=1S/C22H14F4O4/c23-17-7-5-13(9-19(17)25)11-29-21(27)15-3-1-2-4-16(15)22(28)30-12-14-6-8-18(24)20(26)10-14/h1-10H,11-12H2. The molecule has 3 aromatic rings. The molecule has 0 atom stereocenters. The van der Waals surface area contributed by atoms with E-state index in [1.165, 1.54) is 36.4 Å². The lowest BCUT2D eigenvalue weighted by Gasteiger charge is -2.10. The van der Waals surface area contributed by atoms with E-state index < -0.39 is 35.2 Å². The van der Waals surface area contributed by atoms with Crippen LogP contribution in [0.2, 0.25) is 0 Å². The van der Waals surface area contributed by atoms with Crippen molar-refractivity contribution in [1.29, 1.82) is 0 Å². The Morgan fingerprint density at radius 3 is 1.37 bits per heavy atom. The van der Waals surface area contributed by atoms with E-state index in [4.69, 9.17) is 9.47 Å². The minimum Gasteiger partial charge on any atom is -0.457 e. The summed E-state index contributed by atoms with van der Waals surface area (Å²) in [5.41, 5.74) is 0.243. The summed E-state index contributed by atoms with van der Waals surface area (Å²) in [6, 6.07) is 11.8. The maximum atomic E-state index is 13.2. The van der Waals surface area contributed by atoms with E-state index in [1.54, 1.807) is 0 Å². The minimum absolute atomic E-state index is 0.102. The highest BCUT2D eigenvalue weighted by atomic mass is 19.2. The summed E-state index contributed by atoms with van der Waals surface area (Å²) in [6.45, 7) is -0.678. The monoisotopic (exact) mass is 418 g/mol. The number of esters is 2. The Morgan fingerprint density at radius 1 is 0.600 bits per heavy atom. The first kappa shape index (κ1) is 21.0. The molecule has 0 saturated carbocycles. The summed E-state index contributed by atoms with van der Waals surface area (Å²) < 4.78 is 62.6. The molecule has 0 saturated heterocycles. The van der Waals surface area contributed by atoms with Gasteiger partial charge in [-0.1, -0.05) is 24.3 Å². The number of carbonyl (C=O) groups is 2. The molecule has 8 heteroatoms. The van der Waals surface area contributed by atoms with Gasteiger partial charge in [0.15, 0.2) is 23.3 Å². The summed E-state index contributed by atoms with van der Waals surface area (Å²) in [5.74, 6) is -5.96. The molecule has 3 aromatic carbocycles. The Bertz CT molecular complexity index is 1010. The second-order valence-electron chi connectivity index (χ2n) is 6.19. The SMILES string of the molecule is O=C(OCc1ccc(F)c(F)c1)c1ccccc1C(=O)OCc1ccc(F)c(F)c1. The van der Waals surface area contributed by atoms with Gasteiger partial charge >= 0.3 is 11.9 Å². The maximum absolute atomic E-state index is 13.2. The third-order valence-electron chi connectivity index (χ3n) is 4.07. The van der Waals surface area contributed by atoms with Crippen LogP contribution >= 0.6 is 0 Å². The van der Waals surface area contributed by atoms with Gasteiger partial charge < -0.3 is 9.47 Å². The van der Waals surface area contributed by atoms with Crippen LogP contribution in [0.1, 0.15) is 31.8 Å². The fraction of sp³-hybridized carbons (Fsp3) is 0.0909. The third-order valence-corrected chi connectivity index (χ3v) is 4.07. The summed E-state index contributed by atoms with van der Waals surface area (Å²) >= 11 is 0. The Balaban J connectivity index is 1.67. The second-order valence-corrected chi connectivity index (χ2v) is 6.19. The van der Waals surface area contributed by atoms with Crippen molar-refractivity contribution in [2.24, 2.45) is 0 Å². The molecule has 0 radical (unpaired) electrons. The number of hydrogen-bond acceptors (Lipinski definition) is 4. The van der Waals surface area contributed by atoms with Crippen LogP contribution in [0, 0.1) is 23.3 Å². The third kappa shape index (κ3) is 5.02. The Kier molecular flexibility index (Phi) is 6.46. The zero-order chi connectivity index (χ0) is 21.7. The van der Waals surface area contributed by atoms with Gasteiger partial charge in [-0.2, -0.15) is 0 Å². The maximum Gasteiger partial charge on any atom is 0.339 e. The predicted molar refractivity (Wildman–Crippen MR) is 97.4 cm³/mol. The highest BCUT2D eigenvalue weighted by Crippen LogP contribution is 2.16. The van der Waals surface area contributed by atoms with Crippen molar-refractivity contribution in [2.75, 3.05) is 0 Å². The Hall–Kier alpha value is -3.68. The fourth-order valence-electron chi connectivity index (χ4n) is 2.55. The van der Waals surface area contributed by atoms with Crippen LogP contribution < -0.4 is 0 Å². The molecule has 154 valence electrons. The molecule has 0 aliphatic carbocycles. The topological polar surface area (TPSA) is 52.6 Å². The first-order chi connectivity index (χ1) is 14.3.